The number of fused-ring (bicyclic) bond motifs is 1. The third kappa shape index (κ3) is 5.43. The van der Waals surface area contributed by atoms with Crippen LogP contribution in [-0.4, -0.2) is 58.8 Å². The normalized spacial score (nSPS) is 24.2. The van der Waals surface area contributed by atoms with E-state index in [1.165, 1.54) is 0 Å². The molecule has 28 heavy (non-hydrogen) atoms. The van der Waals surface area contributed by atoms with Crippen LogP contribution in [0.1, 0.15) is 41.5 Å². The van der Waals surface area contributed by atoms with E-state index in [-0.39, 0.29) is 5.91 Å². The van der Waals surface area contributed by atoms with Crippen LogP contribution in [0, 0.1) is 25.7 Å². The Kier molecular flexibility index (Phi) is 7.03. The molecule has 2 aliphatic rings. The Morgan fingerprint density at radius 2 is 1.86 bits per heavy atom. The molecule has 0 spiro atoms. The van der Waals surface area contributed by atoms with Gasteiger partial charge in [0, 0.05) is 36.0 Å². The predicted molar refractivity (Wildman–Crippen MR) is 94.9 cm³/mol. The minimum Gasteiger partial charge on any atom is -0.475 e. The van der Waals surface area contributed by atoms with Crippen LogP contribution in [0.2, 0.25) is 0 Å². The number of carbonyl (C=O) groups is 2. The molecular formula is C19H25F3N2O4. The average molecular weight is 402 g/mol. The molecule has 2 fully saturated rings. The van der Waals surface area contributed by atoms with Gasteiger partial charge in [0.25, 0.3) is 5.91 Å². The van der Waals surface area contributed by atoms with Crippen LogP contribution >= 0.6 is 0 Å². The van der Waals surface area contributed by atoms with Gasteiger partial charge >= 0.3 is 12.1 Å². The van der Waals surface area contributed by atoms with Gasteiger partial charge in [0.15, 0.2) is 0 Å². The zero-order valence-corrected chi connectivity index (χ0v) is 16.1. The van der Waals surface area contributed by atoms with Crippen molar-refractivity contribution in [3.05, 3.63) is 29.1 Å². The van der Waals surface area contributed by atoms with Crippen LogP contribution in [-0.2, 0) is 9.53 Å². The number of likely N-dealkylation sites (tertiary alicyclic amines) is 1. The monoisotopic (exact) mass is 402 g/mol. The quantitative estimate of drug-likeness (QED) is 0.822. The maximum absolute atomic E-state index is 12.7. The molecule has 0 saturated carbocycles. The van der Waals surface area contributed by atoms with Crippen molar-refractivity contribution >= 4 is 11.9 Å². The fraction of sp³-hybridized carbons (Fsp3) is 0.632. The largest absolute Gasteiger partial charge is 0.490 e. The van der Waals surface area contributed by atoms with Crippen molar-refractivity contribution in [2.45, 2.75) is 45.9 Å². The van der Waals surface area contributed by atoms with E-state index in [9.17, 15) is 18.0 Å². The standard InChI is InChI=1S/C17H24N2O2.C2HF3O2/c1-4-16-15-5-6-19(9-14(15)10-21-16)17(20)13-7-11(2)18-12(3)8-13;3-2(4,5)1(6)7/h7-8,14-16H,4-6,9-10H2,1-3H3;(H,6,7)/t14-,15-,16-;/m1./s1. The lowest BCUT2D eigenvalue weighted by atomic mass is 9.83. The number of pyridine rings is 1. The van der Waals surface area contributed by atoms with E-state index in [0.29, 0.717) is 17.9 Å². The summed E-state index contributed by atoms with van der Waals surface area (Å²) >= 11 is 0. The molecule has 1 N–H and O–H groups in total. The molecule has 0 unspecified atom stereocenters. The van der Waals surface area contributed by atoms with E-state index in [1.807, 2.05) is 30.9 Å². The van der Waals surface area contributed by atoms with Crippen molar-refractivity contribution in [1.29, 1.82) is 0 Å². The number of halogens is 3. The minimum atomic E-state index is -5.08. The molecule has 9 heteroatoms. The lowest BCUT2D eigenvalue weighted by Gasteiger charge is -2.35. The van der Waals surface area contributed by atoms with E-state index in [2.05, 4.69) is 11.9 Å². The number of carboxylic acids is 1. The maximum atomic E-state index is 12.7. The second kappa shape index (κ2) is 8.89. The molecule has 1 amide bonds. The number of aryl methyl sites for hydroxylation is 2. The summed E-state index contributed by atoms with van der Waals surface area (Å²) in [6.45, 7) is 8.55. The topological polar surface area (TPSA) is 79.7 Å². The number of piperidine rings is 1. The van der Waals surface area contributed by atoms with Gasteiger partial charge in [-0.1, -0.05) is 6.92 Å². The Bertz CT molecular complexity index is 703. The molecule has 3 atom stereocenters. The van der Waals surface area contributed by atoms with Crippen LogP contribution in [0.4, 0.5) is 13.2 Å². The molecule has 0 aliphatic carbocycles. The number of aliphatic carboxylic acids is 1. The number of aromatic nitrogens is 1. The second-order valence-electron chi connectivity index (χ2n) is 7.19. The highest BCUT2D eigenvalue weighted by molar-refractivity contribution is 5.94. The summed E-state index contributed by atoms with van der Waals surface area (Å²) < 4.78 is 37.6. The van der Waals surface area contributed by atoms with Gasteiger partial charge in [0.1, 0.15) is 0 Å². The number of carboxylic acid groups (broad SMARTS) is 1. The van der Waals surface area contributed by atoms with Crippen LogP contribution in [0.15, 0.2) is 12.1 Å². The van der Waals surface area contributed by atoms with Crippen LogP contribution in [0.5, 0.6) is 0 Å². The van der Waals surface area contributed by atoms with Gasteiger partial charge < -0.3 is 14.7 Å². The molecule has 1 aromatic heterocycles. The van der Waals surface area contributed by atoms with E-state index >= 15 is 0 Å². The molecule has 156 valence electrons. The number of amides is 1. The molecule has 0 bridgehead atoms. The number of nitrogens with zero attached hydrogens (tertiary/aromatic N) is 2. The molecule has 0 radical (unpaired) electrons. The Hall–Kier alpha value is -2.16. The van der Waals surface area contributed by atoms with Crippen LogP contribution < -0.4 is 0 Å². The zero-order valence-electron chi connectivity index (χ0n) is 16.1. The molecule has 2 aliphatic heterocycles. The Balaban J connectivity index is 0.000000345. The lowest BCUT2D eigenvalue weighted by Crippen LogP contribution is -2.44. The summed E-state index contributed by atoms with van der Waals surface area (Å²) in [6, 6.07) is 3.78. The number of hydrogen-bond donors (Lipinski definition) is 1. The van der Waals surface area contributed by atoms with Crippen LogP contribution in [0.3, 0.4) is 0 Å². The van der Waals surface area contributed by atoms with E-state index < -0.39 is 12.1 Å². The molecule has 3 rings (SSSR count). The summed E-state index contributed by atoms with van der Waals surface area (Å²) in [5.41, 5.74) is 2.58. The number of ether oxygens (including phenoxy) is 1. The van der Waals surface area contributed by atoms with Gasteiger partial charge in [-0.3, -0.25) is 9.78 Å². The van der Waals surface area contributed by atoms with Gasteiger partial charge in [0.2, 0.25) is 0 Å². The maximum Gasteiger partial charge on any atom is 0.490 e. The van der Waals surface area contributed by atoms with E-state index in [0.717, 1.165) is 49.5 Å². The molecule has 2 saturated heterocycles. The van der Waals surface area contributed by atoms with E-state index in [4.69, 9.17) is 14.6 Å². The third-order valence-electron chi connectivity index (χ3n) is 5.06. The van der Waals surface area contributed by atoms with Gasteiger partial charge in [-0.25, -0.2) is 4.79 Å². The van der Waals surface area contributed by atoms with Crippen molar-refractivity contribution in [3.63, 3.8) is 0 Å². The summed E-state index contributed by atoms with van der Waals surface area (Å²) in [5, 5.41) is 7.12. The first-order valence-electron chi connectivity index (χ1n) is 9.19. The Morgan fingerprint density at radius 3 is 2.36 bits per heavy atom. The Labute approximate surface area is 161 Å². The van der Waals surface area contributed by atoms with Crippen molar-refractivity contribution in [1.82, 2.24) is 9.88 Å². The highest BCUT2D eigenvalue weighted by Gasteiger charge is 2.41. The van der Waals surface area contributed by atoms with Gasteiger partial charge in [-0.05, 0) is 44.7 Å². The Morgan fingerprint density at radius 1 is 1.29 bits per heavy atom. The SMILES string of the molecule is CC[C@H]1OC[C@H]2CN(C(=O)c3cc(C)nc(C)c3)CC[C@H]21.O=C(O)C(F)(F)F. The van der Waals surface area contributed by atoms with Gasteiger partial charge in [0.05, 0.1) is 12.7 Å². The smallest absolute Gasteiger partial charge is 0.475 e. The van der Waals surface area contributed by atoms with Gasteiger partial charge in [-0.15, -0.1) is 0 Å². The lowest BCUT2D eigenvalue weighted by molar-refractivity contribution is -0.192. The highest BCUT2D eigenvalue weighted by atomic mass is 19.4. The molecule has 3 heterocycles. The van der Waals surface area contributed by atoms with E-state index in [1.54, 1.807) is 0 Å². The first-order chi connectivity index (χ1) is 13.0. The first kappa shape index (κ1) is 22.1. The first-order valence-corrected chi connectivity index (χ1v) is 9.19. The number of alkyl halides is 3. The minimum absolute atomic E-state index is 0.141. The molecule has 6 nitrogen and oxygen atoms in total. The van der Waals surface area contributed by atoms with Crippen molar-refractivity contribution in [2.75, 3.05) is 19.7 Å². The number of hydrogen-bond acceptors (Lipinski definition) is 4. The summed E-state index contributed by atoms with van der Waals surface area (Å²) in [4.78, 5) is 27.9. The summed E-state index contributed by atoms with van der Waals surface area (Å²) in [7, 11) is 0. The fourth-order valence-electron chi connectivity index (χ4n) is 3.83. The number of rotatable bonds is 2. The van der Waals surface area contributed by atoms with Crippen LogP contribution in [0.25, 0.3) is 0 Å². The molecule has 0 aromatic carbocycles. The third-order valence-corrected chi connectivity index (χ3v) is 5.06. The van der Waals surface area contributed by atoms with Crippen molar-refractivity contribution in [2.24, 2.45) is 11.8 Å². The zero-order chi connectivity index (χ0) is 21.1. The molecule has 1 aromatic rings. The molecular weight excluding hydrogens is 377 g/mol. The second-order valence-corrected chi connectivity index (χ2v) is 7.19. The summed E-state index contributed by atoms with van der Waals surface area (Å²) in [5.74, 6) is -1.47. The summed E-state index contributed by atoms with van der Waals surface area (Å²) in [6.07, 6.45) is -2.53. The van der Waals surface area contributed by atoms with Crippen molar-refractivity contribution < 1.29 is 32.6 Å². The predicted octanol–water partition coefficient (Wildman–Crippen LogP) is 3.22. The van der Waals surface area contributed by atoms with Crippen molar-refractivity contribution in [3.8, 4) is 0 Å². The highest BCUT2D eigenvalue weighted by Crippen LogP contribution is 2.36. The fourth-order valence-corrected chi connectivity index (χ4v) is 3.83. The average Bonchev–Trinajstić information content (AvgIpc) is 3.02. The van der Waals surface area contributed by atoms with Gasteiger partial charge in [-0.2, -0.15) is 13.2 Å². The number of carbonyl (C=O) groups excluding carboxylic acids is 1.